The Bertz CT molecular complexity index is 504. The molecular weight excluding hydrogens is 214 g/mol. The molecule has 0 spiro atoms. The van der Waals surface area contributed by atoms with E-state index in [1.165, 1.54) is 0 Å². The molecule has 7 nitrogen and oxygen atoms in total. The Kier molecular flexibility index (Phi) is 3.17. The zero-order valence-corrected chi connectivity index (χ0v) is 8.01. The van der Waals surface area contributed by atoms with E-state index in [1.807, 2.05) is 0 Å². The number of carboxylic acids is 1. The maximum absolute atomic E-state index is 10.8. The van der Waals surface area contributed by atoms with Gasteiger partial charge in [0.2, 0.25) is 0 Å². The van der Waals surface area contributed by atoms with Crippen molar-refractivity contribution in [2.24, 2.45) is 5.73 Å². The number of nitrogens with two attached hydrogens (primary N) is 1. The highest BCUT2D eigenvalue weighted by Crippen LogP contribution is 2.23. The molecule has 7 heteroatoms. The fourth-order valence-electron chi connectivity index (χ4n) is 1.23. The molecule has 0 bridgehead atoms. The van der Waals surface area contributed by atoms with Crippen molar-refractivity contribution < 1.29 is 14.8 Å². The van der Waals surface area contributed by atoms with Crippen molar-refractivity contribution in [3.8, 4) is 6.07 Å². The third-order valence-corrected chi connectivity index (χ3v) is 1.99. The van der Waals surface area contributed by atoms with Crippen molar-refractivity contribution in [2.75, 3.05) is 0 Å². The van der Waals surface area contributed by atoms with Crippen molar-refractivity contribution in [3.63, 3.8) is 0 Å². The molecule has 0 saturated carbocycles. The topological polar surface area (TPSA) is 130 Å². The summed E-state index contributed by atoms with van der Waals surface area (Å²) in [6.07, 6.45) is 0. The second kappa shape index (κ2) is 4.37. The molecule has 0 radical (unpaired) electrons. The molecule has 0 aliphatic heterocycles. The van der Waals surface area contributed by atoms with Crippen LogP contribution in [0.25, 0.3) is 0 Å². The summed E-state index contributed by atoms with van der Waals surface area (Å²) >= 11 is 0. The third-order valence-electron chi connectivity index (χ3n) is 1.99. The Morgan fingerprint density at radius 1 is 1.62 bits per heavy atom. The monoisotopic (exact) mass is 221 g/mol. The minimum Gasteiger partial charge on any atom is -0.477 e. The van der Waals surface area contributed by atoms with Gasteiger partial charge in [0.25, 0.3) is 5.69 Å². The van der Waals surface area contributed by atoms with E-state index in [2.05, 4.69) is 0 Å². The Hall–Kier alpha value is -2.46. The molecule has 0 fully saturated rings. The average Bonchev–Trinajstić information content (AvgIpc) is 2.26. The second-order valence-electron chi connectivity index (χ2n) is 2.90. The van der Waals surface area contributed by atoms with Gasteiger partial charge in [-0.1, -0.05) is 0 Å². The number of rotatable bonds is 3. The number of nitro benzene ring substituents is 1. The zero-order chi connectivity index (χ0) is 12.3. The maximum Gasteiger partial charge on any atom is 0.342 e. The predicted octanol–water partition coefficient (Wildman–Crippen LogP) is 0.623. The summed E-state index contributed by atoms with van der Waals surface area (Å²) in [6, 6.07) is 3.71. The van der Waals surface area contributed by atoms with Gasteiger partial charge in [-0.15, -0.1) is 0 Å². The fraction of sp³-hybridized carbons (Fsp3) is 0.111. The number of hydrogen-bond donors (Lipinski definition) is 2. The van der Waals surface area contributed by atoms with Gasteiger partial charge in [0, 0.05) is 12.6 Å². The summed E-state index contributed by atoms with van der Waals surface area (Å²) in [5.74, 6) is -1.43. The van der Waals surface area contributed by atoms with Crippen LogP contribution in [0.15, 0.2) is 12.1 Å². The summed E-state index contributed by atoms with van der Waals surface area (Å²) in [7, 11) is 0. The lowest BCUT2D eigenvalue weighted by Crippen LogP contribution is -2.07. The van der Waals surface area contributed by atoms with Crippen molar-refractivity contribution >= 4 is 11.7 Å². The maximum atomic E-state index is 10.8. The average molecular weight is 221 g/mol. The van der Waals surface area contributed by atoms with Gasteiger partial charge in [-0.2, -0.15) is 5.26 Å². The predicted molar refractivity (Wildman–Crippen MR) is 52.7 cm³/mol. The normalized spacial score (nSPS) is 9.50. The van der Waals surface area contributed by atoms with E-state index in [9.17, 15) is 14.9 Å². The van der Waals surface area contributed by atoms with Crippen molar-refractivity contribution in [3.05, 3.63) is 38.9 Å². The SMILES string of the molecule is N#Cc1cc([N+](=O)[O-])c(C(=O)O)cc1CN. The minimum atomic E-state index is -1.43. The molecule has 0 unspecified atom stereocenters. The Balaban J connectivity index is 3.55. The summed E-state index contributed by atoms with van der Waals surface area (Å²) in [6.45, 7) is -0.0544. The molecule has 0 saturated heterocycles. The molecule has 1 rings (SSSR count). The molecule has 0 atom stereocenters. The summed E-state index contributed by atoms with van der Waals surface area (Å²) in [5, 5.41) is 28.1. The fourth-order valence-corrected chi connectivity index (χ4v) is 1.23. The van der Waals surface area contributed by atoms with Gasteiger partial charge in [-0.3, -0.25) is 10.1 Å². The van der Waals surface area contributed by atoms with Crippen LogP contribution in [-0.2, 0) is 6.54 Å². The molecule has 1 aromatic rings. The number of benzene rings is 1. The van der Waals surface area contributed by atoms with E-state index < -0.39 is 22.1 Å². The van der Waals surface area contributed by atoms with Crippen LogP contribution in [-0.4, -0.2) is 16.0 Å². The first-order valence-corrected chi connectivity index (χ1v) is 4.16. The summed E-state index contributed by atoms with van der Waals surface area (Å²) < 4.78 is 0. The van der Waals surface area contributed by atoms with Crippen LogP contribution in [0.4, 0.5) is 5.69 Å². The number of aromatic carboxylic acids is 1. The minimum absolute atomic E-state index is 0.0131. The largest absolute Gasteiger partial charge is 0.477 e. The third kappa shape index (κ3) is 1.97. The zero-order valence-electron chi connectivity index (χ0n) is 8.01. The summed E-state index contributed by atoms with van der Waals surface area (Å²) in [5.41, 5.74) is 4.51. The lowest BCUT2D eigenvalue weighted by atomic mass is 10.0. The smallest absolute Gasteiger partial charge is 0.342 e. The van der Waals surface area contributed by atoms with Crippen LogP contribution in [0.3, 0.4) is 0 Å². The molecule has 1 aromatic carbocycles. The molecular formula is C9H7N3O4. The molecule has 0 heterocycles. The van der Waals surface area contributed by atoms with E-state index in [-0.39, 0.29) is 17.7 Å². The standard InChI is InChI=1S/C9H7N3O4/c10-3-5-1-7(9(13)14)8(12(15)16)2-6(5)4-11/h1-2H,3,10H2,(H,13,14). The first-order valence-electron chi connectivity index (χ1n) is 4.16. The number of nitro groups is 1. The van der Waals surface area contributed by atoms with E-state index in [1.54, 1.807) is 6.07 Å². The van der Waals surface area contributed by atoms with Gasteiger partial charge in [0.15, 0.2) is 0 Å². The van der Waals surface area contributed by atoms with E-state index in [0.717, 1.165) is 12.1 Å². The van der Waals surface area contributed by atoms with Crippen LogP contribution in [0.1, 0.15) is 21.5 Å². The number of nitriles is 1. The molecule has 0 aliphatic carbocycles. The molecule has 82 valence electrons. The highest BCUT2D eigenvalue weighted by molar-refractivity contribution is 5.93. The van der Waals surface area contributed by atoms with Crippen LogP contribution < -0.4 is 5.73 Å². The van der Waals surface area contributed by atoms with Gasteiger partial charge in [0.05, 0.1) is 16.6 Å². The van der Waals surface area contributed by atoms with Gasteiger partial charge in [-0.25, -0.2) is 4.79 Å². The summed E-state index contributed by atoms with van der Waals surface area (Å²) in [4.78, 5) is 20.5. The second-order valence-corrected chi connectivity index (χ2v) is 2.90. The van der Waals surface area contributed by atoms with Gasteiger partial charge >= 0.3 is 5.97 Å². The van der Waals surface area contributed by atoms with E-state index in [0.29, 0.717) is 0 Å². The molecule has 16 heavy (non-hydrogen) atoms. The van der Waals surface area contributed by atoms with Gasteiger partial charge in [0.1, 0.15) is 5.56 Å². The lowest BCUT2D eigenvalue weighted by molar-refractivity contribution is -0.385. The van der Waals surface area contributed by atoms with Crippen LogP contribution >= 0.6 is 0 Å². The van der Waals surface area contributed by atoms with E-state index in [4.69, 9.17) is 16.1 Å². The van der Waals surface area contributed by atoms with Crippen molar-refractivity contribution in [1.29, 1.82) is 5.26 Å². The quantitative estimate of drug-likeness (QED) is 0.568. The van der Waals surface area contributed by atoms with Crippen LogP contribution in [0.5, 0.6) is 0 Å². The van der Waals surface area contributed by atoms with E-state index >= 15 is 0 Å². The van der Waals surface area contributed by atoms with Crippen LogP contribution in [0.2, 0.25) is 0 Å². The Morgan fingerprint density at radius 2 is 2.25 bits per heavy atom. The van der Waals surface area contributed by atoms with Gasteiger partial charge < -0.3 is 10.8 Å². The molecule has 0 aromatic heterocycles. The van der Waals surface area contributed by atoms with Gasteiger partial charge in [-0.05, 0) is 11.6 Å². The van der Waals surface area contributed by atoms with Crippen molar-refractivity contribution in [2.45, 2.75) is 6.54 Å². The number of carbonyl (C=O) groups is 1. The first kappa shape index (κ1) is 11.6. The highest BCUT2D eigenvalue weighted by atomic mass is 16.6. The van der Waals surface area contributed by atoms with Crippen molar-refractivity contribution in [1.82, 2.24) is 0 Å². The Morgan fingerprint density at radius 3 is 2.62 bits per heavy atom. The number of nitrogens with zero attached hydrogens (tertiary/aromatic N) is 2. The molecule has 0 amide bonds. The number of carboxylic acid groups (broad SMARTS) is 1. The number of hydrogen-bond acceptors (Lipinski definition) is 5. The highest BCUT2D eigenvalue weighted by Gasteiger charge is 2.22. The van der Waals surface area contributed by atoms with Crippen LogP contribution in [0, 0.1) is 21.4 Å². The molecule has 3 N–H and O–H groups in total. The lowest BCUT2D eigenvalue weighted by Gasteiger charge is -2.03. The Labute approximate surface area is 89.9 Å². The molecule has 0 aliphatic rings. The first-order chi connectivity index (χ1) is 7.51.